The molecule has 0 saturated carbocycles. The second kappa shape index (κ2) is 5.54. The van der Waals surface area contributed by atoms with Crippen LogP contribution in [0.1, 0.15) is 5.56 Å². The first-order valence-corrected chi connectivity index (χ1v) is 8.99. The zero-order valence-electron chi connectivity index (χ0n) is 11.9. The lowest BCUT2D eigenvalue weighted by atomic mass is 10.2. The lowest BCUT2D eigenvalue weighted by molar-refractivity contribution is 0.402. The average Bonchev–Trinajstić information content (AvgIpc) is 2.86. The van der Waals surface area contributed by atoms with Crippen LogP contribution >= 0.6 is 22.6 Å². The number of methoxy groups -OCH3 is 1. The number of aromatic nitrogens is 2. The summed E-state index contributed by atoms with van der Waals surface area (Å²) < 4.78 is 33.1. The number of nitrogens with zero attached hydrogens (tertiary/aromatic N) is 2. The maximum Gasteiger partial charge on any atom is 0.268 e. The van der Waals surface area contributed by atoms with Gasteiger partial charge in [0, 0.05) is 21.4 Å². The zero-order valence-corrected chi connectivity index (χ0v) is 14.9. The number of pyridine rings is 1. The molecule has 0 N–H and O–H groups in total. The average molecular weight is 428 g/mol. The van der Waals surface area contributed by atoms with E-state index in [1.807, 2.05) is 6.92 Å². The number of benzene rings is 1. The molecule has 0 aliphatic carbocycles. The summed E-state index contributed by atoms with van der Waals surface area (Å²) in [6.07, 6.45) is 3.19. The van der Waals surface area contributed by atoms with Gasteiger partial charge >= 0.3 is 0 Å². The smallest absolute Gasteiger partial charge is 0.268 e. The van der Waals surface area contributed by atoms with Crippen LogP contribution in [0.4, 0.5) is 0 Å². The summed E-state index contributed by atoms with van der Waals surface area (Å²) in [4.78, 5) is 4.34. The molecule has 0 saturated heterocycles. The van der Waals surface area contributed by atoms with Crippen molar-refractivity contribution in [3.63, 3.8) is 0 Å². The van der Waals surface area contributed by atoms with E-state index in [1.165, 1.54) is 11.1 Å². The van der Waals surface area contributed by atoms with Crippen LogP contribution in [0.25, 0.3) is 10.9 Å². The van der Waals surface area contributed by atoms with Gasteiger partial charge in [-0.25, -0.2) is 17.4 Å². The number of hydrogen-bond acceptors (Lipinski definition) is 4. The summed E-state index contributed by atoms with van der Waals surface area (Å²) in [7, 11) is -2.23. The van der Waals surface area contributed by atoms with Gasteiger partial charge < -0.3 is 4.74 Å². The molecule has 0 radical (unpaired) electrons. The van der Waals surface area contributed by atoms with E-state index in [0.717, 1.165) is 14.5 Å². The molecule has 0 unspecified atom stereocenters. The van der Waals surface area contributed by atoms with Crippen molar-refractivity contribution in [3.8, 4) is 5.88 Å². The van der Waals surface area contributed by atoms with Gasteiger partial charge in [-0.05, 0) is 47.7 Å². The van der Waals surface area contributed by atoms with Crippen molar-refractivity contribution in [2.24, 2.45) is 0 Å². The van der Waals surface area contributed by atoms with Gasteiger partial charge in [-0.2, -0.15) is 0 Å². The van der Waals surface area contributed by atoms with E-state index in [9.17, 15) is 8.42 Å². The summed E-state index contributed by atoms with van der Waals surface area (Å²) in [5.41, 5.74) is 1.46. The maximum absolute atomic E-state index is 12.9. The molecule has 0 bridgehead atoms. The second-order valence-corrected chi connectivity index (χ2v) is 7.78. The Bertz CT molecular complexity index is 947. The number of ether oxygens (including phenoxy) is 1. The number of fused-ring (bicyclic) bond motifs is 1. The predicted molar refractivity (Wildman–Crippen MR) is 92.8 cm³/mol. The largest absolute Gasteiger partial charge is 0.479 e. The highest BCUT2D eigenvalue weighted by Gasteiger charge is 2.23. The quantitative estimate of drug-likeness (QED) is 0.602. The normalized spacial score (nSPS) is 11.8. The Morgan fingerprint density at radius 3 is 2.50 bits per heavy atom. The van der Waals surface area contributed by atoms with Crippen molar-refractivity contribution >= 4 is 43.5 Å². The van der Waals surface area contributed by atoms with E-state index in [0.29, 0.717) is 5.52 Å². The Hall–Kier alpha value is -1.61. The Morgan fingerprint density at radius 1 is 1.18 bits per heavy atom. The maximum atomic E-state index is 12.9. The van der Waals surface area contributed by atoms with Gasteiger partial charge in [0.15, 0.2) is 0 Å². The van der Waals surface area contributed by atoms with Crippen LogP contribution in [-0.2, 0) is 10.0 Å². The van der Waals surface area contributed by atoms with E-state index < -0.39 is 10.0 Å². The van der Waals surface area contributed by atoms with Crippen molar-refractivity contribution in [2.75, 3.05) is 7.11 Å². The third kappa shape index (κ3) is 2.38. The van der Waals surface area contributed by atoms with E-state index in [2.05, 4.69) is 27.6 Å². The summed E-state index contributed by atoms with van der Waals surface area (Å²) in [5.74, 6) is 0.288. The van der Waals surface area contributed by atoms with E-state index in [1.54, 1.807) is 42.7 Å². The SMILES string of the molecule is COc1nccc2c(I)cn(S(=O)(=O)c3ccc(C)cc3)c12. The molecular weight excluding hydrogens is 415 g/mol. The molecule has 0 fully saturated rings. The molecule has 0 aliphatic rings. The second-order valence-electron chi connectivity index (χ2n) is 4.81. The summed E-state index contributed by atoms with van der Waals surface area (Å²) >= 11 is 2.11. The van der Waals surface area contributed by atoms with Gasteiger partial charge in [-0.1, -0.05) is 17.7 Å². The molecule has 3 aromatic rings. The van der Waals surface area contributed by atoms with E-state index in [4.69, 9.17) is 4.74 Å². The zero-order chi connectivity index (χ0) is 15.9. The molecular formula is C15H13IN2O3S. The number of aryl methyl sites for hydroxylation is 1. The highest BCUT2D eigenvalue weighted by Crippen LogP contribution is 2.31. The fourth-order valence-corrected chi connectivity index (χ4v) is 4.51. The molecule has 2 heterocycles. The highest BCUT2D eigenvalue weighted by molar-refractivity contribution is 14.1. The van der Waals surface area contributed by atoms with Gasteiger partial charge in [0.25, 0.3) is 10.0 Å². The summed E-state index contributed by atoms with van der Waals surface area (Å²) in [5, 5.41) is 0.795. The molecule has 3 rings (SSSR count). The van der Waals surface area contributed by atoms with Crippen LogP contribution in [0.5, 0.6) is 5.88 Å². The highest BCUT2D eigenvalue weighted by atomic mass is 127. The van der Waals surface area contributed by atoms with Crippen molar-refractivity contribution in [3.05, 3.63) is 51.9 Å². The van der Waals surface area contributed by atoms with Crippen LogP contribution < -0.4 is 4.74 Å². The molecule has 2 aromatic heterocycles. The molecule has 0 aliphatic heterocycles. The molecule has 1 aromatic carbocycles. The minimum atomic E-state index is -3.70. The van der Waals surface area contributed by atoms with E-state index in [-0.39, 0.29) is 10.8 Å². The monoisotopic (exact) mass is 428 g/mol. The van der Waals surface area contributed by atoms with Crippen molar-refractivity contribution in [2.45, 2.75) is 11.8 Å². The minimum Gasteiger partial charge on any atom is -0.479 e. The molecule has 0 amide bonds. The standard InChI is InChI=1S/C15H13IN2O3S/c1-10-3-5-11(6-4-10)22(19,20)18-9-13(16)12-7-8-17-15(21-2)14(12)18/h3-9H,1-2H3. The lowest BCUT2D eigenvalue weighted by Crippen LogP contribution is -2.12. The van der Waals surface area contributed by atoms with Gasteiger partial charge in [0.05, 0.1) is 12.0 Å². The van der Waals surface area contributed by atoms with Gasteiger partial charge in [-0.3, -0.25) is 0 Å². The van der Waals surface area contributed by atoms with Crippen LogP contribution in [-0.4, -0.2) is 24.5 Å². The predicted octanol–water partition coefficient (Wildman–Crippen LogP) is 3.19. The first-order valence-electron chi connectivity index (χ1n) is 6.47. The van der Waals surface area contributed by atoms with E-state index >= 15 is 0 Å². The molecule has 5 nitrogen and oxygen atoms in total. The third-order valence-electron chi connectivity index (χ3n) is 3.37. The Kier molecular flexibility index (Phi) is 3.85. The first-order chi connectivity index (χ1) is 10.4. The molecule has 0 spiro atoms. The van der Waals surface area contributed by atoms with Crippen molar-refractivity contribution < 1.29 is 13.2 Å². The van der Waals surface area contributed by atoms with Crippen LogP contribution in [0.15, 0.2) is 47.6 Å². The van der Waals surface area contributed by atoms with Crippen LogP contribution in [0, 0.1) is 10.5 Å². The Labute approximate surface area is 142 Å². The van der Waals surface area contributed by atoms with Crippen molar-refractivity contribution in [1.29, 1.82) is 0 Å². The number of hydrogen-bond donors (Lipinski definition) is 0. The lowest BCUT2D eigenvalue weighted by Gasteiger charge is -2.09. The Balaban J connectivity index is 2.32. The third-order valence-corrected chi connectivity index (χ3v) is 5.90. The van der Waals surface area contributed by atoms with Crippen LogP contribution in [0.3, 0.4) is 0 Å². The number of rotatable bonds is 3. The van der Waals surface area contributed by atoms with Gasteiger partial charge in [0.2, 0.25) is 5.88 Å². The Morgan fingerprint density at radius 2 is 1.86 bits per heavy atom. The summed E-state index contributed by atoms with van der Waals surface area (Å²) in [6.45, 7) is 1.91. The fraction of sp³-hybridized carbons (Fsp3) is 0.133. The fourth-order valence-electron chi connectivity index (χ4n) is 2.24. The van der Waals surface area contributed by atoms with Gasteiger partial charge in [-0.15, -0.1) is 0 Å². The molecule has 114 valence electrons. The topological polar surface area (TPSA) is 61.2 Å². The minimum absolute atomic E-state index is 0.234. The molecule has 7 heteroatoms. The molecule has 22 heavy (non-hydrogen) atoms. The van der Waals surface area contributed by atoms with Crippen molar-refractivity contribution in [1.82, 2.24) is 8.96 Å². The number of halogens is 1. The van der Waals surface area contributed by atoms with Gasteiger partial charge in [0.1, 0.15) is 5.52 Å². The first kappa shape index (κ1) is 15.3. The molecule has 0 atom stereocenters. The summed E-state index contributed by atoms with van der Waals surface area (Å²) in [6, 6.07) is 8.54. The van der Waals surface area contributed by atoms with Crippen LogP contribution in [0.2, 0.25) is 0 Å².